The Morgan fingerprint density at radius 2 is 1.90 bits per heavy atom. The molecule has 1 aromatic rings. The molecule has 0 aromatic heterocycles. The number of rotatable bonds is 7. The Balaban J connectivity index is 2.41. The van der Waals surface area contributed by atoms with Crippen LogP contribution in [0.4, 0.5) is 0 Å². The molecule has 116 valence electrons. The summed E-state index contributed by atoms with van der Waals surface area (Å²) < 4.78 is 5.42. The maximum atomic E-state index is 11.8. The van der Waals surface area contributed by atoms with E-state index in [0.29, 0.717) is 17.3 Å². The molecule has 0 bridgehead atoms. The van der Waals surface area contributed by atoms with Crippen LogP contribution in [-0.2, 0) is 4.79 Å². The van der Waals surface area contributed by atoms with Gasteiger partial charge in [-0.3, -0.25) is 4.79 Å². The van der Waals surface area contributed by atoms with Gasteiger partial charge >= 0.3 is 0 Å². The number of carbonyl (C=O) groups excluding carboxylic acids is 1. The summed E-state index contributed by atoms with van der Waals surface area (Å²) in [5, 5.41) is 2.86. The highest BCUT2D eigenvalue weighted by atomic mass is 32.1. The first-order valence-corrected chi connectivity index (χ1v) is 7.10. The lowest BCUT2D eigenvalue weighted by Crippen LogP contribution is -2.48. The first kappa shape index (κ1) is 17.4. The van der Waals surface area contributed by atoms with Crippen LogP contribution in [-0.4, -0.2) is 48.6 Å². The van der Waals surface area contributed by atoms with Crippen molar-refractivity contribution in [2.45, 2.75) is 19.4 Å². The summed E-state index contributed by atoms with van der Waals surface area (Å²) in [4.78, 5) is 14.2. The summed E-state index contributed by atoms with van der Waals surface area (Å²) >= 11 is 4.87. The van der Waals surface area contributed by atoms with Crippen LogP contribution in [0.1, 0.15) is 19.4 Å². The van der Waals surface area contributed by atoms with Crippen molar-refractivity contribution >= 4 is 23.1 Å². The summed E-state index contributed by atoms with van der Waals surface area (Å²) in [6.07, 6.45) is 0. The van der Waals surface area contributed by atoms with E-state index in [1.165, 1.54) is 0 Å². The second-order valence-electron chi connectivity index (χ2n) is 5.66. The van der Waals surface area contributed by atoms with Crippen LogP contribution < -0.4 is 15.8 Å². The van der Waals surface area contributed by atoms with Crippen molar-refractivity contribution in [3.05, 3.63) is 29.8 Å². The number of hydrogen-bond donors (Lipinski definition) is 2. The number of benzene rings is 1. The zero-order valence-electron chi connectivity index (χ0n) is 13.0. The molecule has 0 aliphatic rings. The lowest BCUT2D eigenvalue weighted by atomic mass is 10.0. The monoisotopic (exact) mass is 309 g/mol. The Kier molecular flexibility index (Phi) is 6.11. The number of ether oxygens (including phenoxy) is 1. The fourth-order valence-electron chi connectivity index (χ4n) is 1.39. The molecule has 0 atom stereocenters. The molecule has 5 nitrogen and oxygen atoms in total. The predicted molar refractivity (Wildman–Crippen MR) is 88.6 cm³/mol. The van der Waals surface area contributed by atoms with Gasteiger partial charge in [0.15, 0.2) is 6.61 Å². The highest BCUT2D eigenvalue weighted by Gasteiger charge is 2.20. The number of nitrogens with zero attached hydrogens (tertiary/aromatic N) is 1. The lowest BCUT2D eigenvalue weighted by Gasteiger charge is -2.32. The number of carbonyl (C=O) groups is 1. The molecule has 0 heterocycles. The second-order valence-corrected chi connectivity index (χ2v) is 6.10. The fourth-order valence-corrected chi connectivity index (χ4v) is 1.52. The van der Waals surface area contributed by atoms with Crippen molar-refractivity contribution in [1.29, 1.82) is 0 Å². The Morgan fingerprint density at radius 1 is 1.33 bits per heavy atom. The molecule has 1 aromatic carbocycles. The topological polar surface area (TPSA) is 67.6 Å². The largest absolute Gasteiger partial charge is 0.484 e. The minimum atomic E-state index is -0.150. The fraction of sp³-hybridized carbons (Fsp3) is 0.467. The smallest absolute Gasteiger partial charge is 0.258 e. The first-order chi connectivity index (χ1) is 9.72. The van der Waals surface area contributed by atoms with Crippen molar-refractivity contribution in [2.24, 2.45) is 5.73 Å². The van der Waals surface area contributed by atoms with E-state index in [0.717, 1.165) is 5.56 Å². The van der Waals surface area contributed by atoms with E-state index in [2.05, 4.69) is 24.1 Å². The summed E-state index contributed by atoms with van der Waals surface area (Å²) in [5.74, 6) is 0.459. The zero-order chi connectivity index (χ0) is 16.0. The van der Waals surface area contributed by atoms with Crippen LogP contribution in [0.3, 0.4) is 0 Å². The summed E-state index contributed by atoms with van der Waals surface area (Å²) in [6.45, 7) is 4.66. The van der Waals surface area contributed by atoms with Crippen molar-refractivity contribution in [2.75, 3.05) is 27.2 Å². The van der Waals surface area contributed by atoms with Gasteiger partial charge in [0.1, 0.15) is 10.7 Å². The van der Waals surface area contributed by atoms with Gasteiger partial charge in [-0.05, 0) is 52.2 Å². The molecule has 1 amide bonds. The van der Waals surface area contributed by atoms with Crippen LogP contribution in [0.5, 0.6) is 5.75 Å². The Bertz CT molecular complexity index is 498. The standard InChI is InChI=1S/C15H23N3O2S/c1-15(2,18(3)4)10-17-13(19)9-20-12-7-5-11(6-8-12)14(16)21/h5-8H,9-10H2,1-4H3,(H2,16,21)(H,17,19). The van der Waals surface area contributed by atoms with Gasteiger partial charge in [0.05, 0.1) is 0 Å². The Morgan fingerprint density at radius 3 is 2.38 bits per heavy atom. The molecule has 0 aliphatic carbocycles. The van der Waals surface area contributed by atoms with Gasteiger partial charge in [-0.25, -0.2) is 0 Å². The van der Waals surface area contributed by atoms with E-state index in [1.807, 2.05) is 14.1 Å². The molecule has 0 fully saturated rings. The minimum Gasteiger partial charge on any atom is -0.484 e. The number of likely N-dealkylation sites (N-methyl/N-ethyl adjacent to an activating group) is 1. The molecule has 21 heavy (non-hydrogen) atoms. The quantitative estimate of drug-likeness (QED) is 0.740. The Hall–Kier alpha value is -1.66. The van der Waals surface area contributed by atoms with Crippen molar-refractivity contribution in [1.82, 2.24) is 10.2 Å². The van der Waals surface area contributed by atoms with Gasteiger partial charge in [-0.2, -0.15) is 0 Å². The highest BCUT2D eigenvalue weighted by Crippen LogP contribution is 2.12. The first-order valence-electron chi connectivity index (χ1n) is 6.69. The average Bonchev–Trinajstić information content (AvgIpc) is 2.43. The third-order valence-corrected chi connectivity index (χ3v) is 3.67. The molecule has 3 N–H and O–H groups in total. The Labute approximate surface area is 131 Å². The van der Waals surface area contributed by atoms with Gasteiger partial charge in [0, 0.05) is 17.6 Å². The average molecular weight is 309 g/mol. The van der Waals surface area contributed by atoms with Crippen LogP contribution in [0.2, 0.25) is 0 Å². The normalized spacial score (nSPS) is 11.3. The minimum absolute atomic E-state index is 0.0179. The van der Waals surface area contributed by atoms with Gasteiger partial charge in [0.25, 0.3) is 5.91 Å². The molecular formula is C15H23N3O2S. The molecule has 0 unspecified atom stereocenters. The predicted octanol–water partition coefficient (Wildman–Crippen LogP) is 1.16. The molecule has 1 rings (SSSR count). The zero-order valence-corrected chi connectivity index (χ0v) is 13.8. The molecular weight excluding hydrogens is 286 g/mol. The van der Waals surface area contributed by atoms with Gasteiger partial charge in [0.2, 0.25) is 0 Å². The van der Waals surface area contributed by atoms with E-state index in [4.69, 9.17) is 22.7 Å². The number of amides is 1. The summed E-state index contributed by atoms with van der Waals surface area (Å²) in [7, 11) is 3.96. The number of hydrogen-bond acceptors (Lipinski definition) is 4. The second kappa shape index (κ2) is 7.38. The van der Waals surface area contributed by atoms with Crippen molar-refractivity contribution in [3.8, 4) is 5.75 Å². The van der Waals surface area contributed by atoms with Gasteiger partial charge in [-0.15, -0.1) is 0 Å². The molecule has 6 heteroatoms. The van der Waals surface area contributed by atoms with E-state index >= 15 is 0 Å². The van der Waals surface area contributed by atoms with Gasteiger partial charge < -0.3 is 20.7 Å². The SMILES string of the molecule is CN(C)C(C)(C)CNC(=O)COc1ccc(C(N)=S)cc1. The lowest BCUT2D eigenvalue weighted by molar-refractivity contribution is -0.123. The number of nitrogens with one attached hydrogen (secondary N) is 1. The van der Waals surface area contributed by atoms with E-state index in [-0.39, 0.29) is 18.1 Å². The summed E-state index contributed by atoms with van der Waals surface area (Å²) in [5.41, 5.74) is 6.18. The van der Waals surface area contributed by atoms with E-state index < -0.39 is 0 Å². The van der Waals surface area contributed by atoms with E-state index in [1.54, 1.807) is 24.3 Å². The van der Waals surface area contributed by atoms with E-state index in [9.17, 15) is 4.79 Å². The highest BCUT2D eigenvalue weighted by molar-refractivity contribution is 7.80. The maximum Gasteiger partial charge on any atom is 0.258 e. The molecule has 0 saturated heterocycles. The van der Waals surface area contributed by atoms with Crippen LogP contribution in [0.25, 0.3) is 0 Å². The molecule has 0 spiro atoms. The third kappa shape index (κ3) is 5.69. The van der Waals surface area contributed by atoms with Crippen LogP contribution >= 0.6 is 12.2 Å². The maximum absolute atomic E-state index is 11.8. The number of thiocarbonyl (C=S) groups is 1. The number of nitrogens with two attached hydrogens (primary N) is 1. The summed E-state index contributed by atoms with van der Waals surface area (Å²) in [6, 6.07) is 7.02. The van der Waals surface area contributed by atoms with Crippen LogP contribution in [0, 0.1) is 0 Å². The van der Waals surface area contributed by atoms with Gasteiger partial charge in [-0.1, -0.05) is 12.2 Å². The molecule has 0 saturated carbocycles. The third-order valence-electron chi connectivity index (χ3n) is 3.44. The molecule has 0 radical (unpaired) electrons. The van der Waals surface area contributed by atoms with Crippen molar-refractivity contribution < 1.29 is 9.53 Å². The van der Waals surface area contributed by atoms with Crippen molar-refractivity contribution in [3.63, 3.8) is 0 Å². The molecule has 0 aliphatic heterocycles. The van der Waals surface area contributed by atoms with Crippen LogP contribution in [0.15, 0.2) is 24.3 Å².